The van der Waals surface area contributed by atoms with Crippen LogP contribution >= 0.6 is 0 Å². The highest BCUT2D eigenvalue weighted by Crippen LogP contribution is 2.04. The molecule has 58 valence electrons. The lowest BCUT2D eigenvalue weighted by Crippen LogP contribution is -2.42. The topological polar surface area (TPSA) is 97.5 Å². The molecule has 1 aliphatic carbocycles. The van der Waals surface area contributed by atoms with E-state index in [4.69, 9.17) is 10.8 Å². The van der Waals surface area contributed by atoms with E-state index in [0.29, 0.717) is 0 Å². The van der Waals surface area contributed by atoms with Crippen molar-refractivity contribution in [2.24, 2.45) is 5.73 Å². The summed E-state index contributed by atoms with van der Waals surface area (Å²) in [6.07, 6.45) is 0.853. The second-order valence-electron chi connectivity index (χ2n) is 2.10. The number of carbonyl (C=O) groups is 3. The number of nitrogens with two attached hydrogens (primary N) is 1. The molecular weight excluding hydrogens is 150 g/mol. The summed E-state index contributed by atoms with van der Waals surface area (Å²) in [5.41, 5.74) is 5.06. The van der Waals surface area contributed by atoms with Crippen LogP contribution in [-0.4, -0.2) is 28.5 Å². The van der Waals surface area contributed by atoms with Crippen molar-refractivity contribution in [2.45, 2.75) is 6.04 Å². The lowest BCUT2D eigenvalue weighted by atomic mass is 9.98. The molecule has 1 unspecified atom stereocenters. The van der Waals surface area contributed by atoms with Gasteiger partial charge in [0.25, 0.3) is 11.6 Å². The summed E-state index contributed by atoms with van der Waals surface area (Å²) >= 11 is 0. The normalized spacial score (nSPS) is 25.4. The summed E-state index contributed by atoms with van der Waals surface area (Å²) in [6, 6.07) is -1.18. The molecule has 0 radical (unpaired) electrons. The van der Waals surface area contributed by atoms with Crippen LogP contribution in [0, 0.1) is 0 Å². The van der Waals surface area contributed by atoms with Gasteiger partial charge in [-0.15, -0.1) is 0 Å². The third-order valence-electron chi connectivity index (χ3n) is 1.30. The average molecular weight is 155 g/mol. The van der Waals surface area contributed by atoms with Crippen LogP contribution in [0.4, 0.5) is 0 Å². The molecule has 0 saturated heterocycles. The molecule has 1 atom stereocenters. The first-order valence-electron chi connectivity index (χ1n) is 2.83. The van der Waals surface area contributed by atoms with Gasteiger partial charge in [-0.2, -0.15) is 0 Å². The Morgan fingerprint density at radius 1 is 1.27 bits per heavy atom. The number of ketones is 3. The Kier molecular flexibility index (Phi) is 1.58. The first-order valence-corrected chi connectivity index (χ1v) is 2.83. The molecule has 5 nitrogen and oxygen atoms in total. The fourth-order valence-electron chi connectivity index (χ4n) is 0.701. The molecule has 1 rings (SSSR count). The maximum absolute atomic E-state index is 10.6. The first kappa shape index (κ1) is 7.62. The second-order valence-corrected chi connectivity index (χ2v) is 2.10. The first-order chi connectivity index (χ1) is 5.04. The summed E-state index contributed by atoms with van der Waals surface area (Å²) in [5.74, 6) is -4.16. The predicted octanol–water partition coefficient (Wildman–Crippen LogP) is -1.52. The fourth-order valence-corrected chi connectivity index (χ4v) is 0.701. The van der Waals surface area contributed by atoms with Crippen molar-refractivity contribution in [2.75, 3.05) is 0 Å². The van der Waals surface area contributed by atoms with Gasteiger partial charge < -0.3 is 10.8 Å². The number of aliphatic hydroxyl groups is 1. The van der Waals surface area contributed by atoms with E-state index in [9.17, 15) is 14.4 Å². The minimum Gasteiger partial charge on any atom is -0.504 e. The highest BCUT2D eigenvalue weighted by Gasteiger charge is 2.34. The lowest BCUT2D eigenvalue weighted by Gasteiger charge is -2.09. The van der Waals surface area contributed by atoms with E-state index < -0.39 is 29.2 Å². The van der Waals surface area contributed by atoms with Crippen molar-refractivity contribution in [3.05, 3.63) is 11.8 Å². The van der Waals surface area contributed by atoms with Crippen LogP contribution < -0.4 is 5.73 Å². The van der Waals surface area contributed by atoms with Gasteiger partial charge in [0.15, 0.2) is 5.76 Å². The Balaban J connectivity index is 3.12. The molecule has 0 amide bonds. The third kappa shape index (κ3) is 1.05. The smallest absolute Gasteiger partial charge is 0.274 e. The van der Waals surface area contributed by atoms with Crippen LogP contribution in [0.1, 0.15) is 0 Å². The van der Waals surface area contributed by atoms with Gasteiger partial charge in [0.1, 0.15) is 0 Å². The molecule has 5 heteroatoms. The number of carbonyl (C=O) groups excluding carboxylic acids is 3. The fraction of sp³-hybridized carbons (Fsp3) is 0.167. The molecule has 0 aliphatic heterocycles. The molecule has 0 aromatic heterocycles. The maximum Gasteiger partial charge on any atom is 0.274 e. The van der Waals surface area contributed by atoms with Crippen molar-refractivity contribution in [3.63, 3.8) is 0 Å². The van der Waals surface area contributed by atoms with Crippen LogP contribution in [0.3, 0.4) is 0 Å². The van der Waals surface area contributed by atoms with Crippen LogP contribution in [0.15, 0.2) is 11.8 Å². The quantitative estimate of drug-likeness (QED) is 0.414. The number of hydrogen-bond acceptors (Lipinski definition) is 5. The van der Waals surface area contributed by atoms with Crippen LogP contribution in [0.25, 0.3) is 0 Å². The SMILES string of the molecule is NC1C=C(O)C(=O)C(=O)C1=O. The van der Waals surface area contributed by atoms with Gasteiger partial charge in [0.05, 0.1) is 6.04 Å². The van der Waals surface area contributed by atoms with E-state index in [1.165, 1.54) is 0 Å². The summed E-state index contributed by atoms with van der Waals surface area (Å²) in [7, 11) is 0. The zero-order valence-electron chi connectivity index (χ0n) is 5.40. The molecule has 0 saturated carbocycles. The molecular formula is C6H5NO4. The molecule has 0 bridgehead atoms. The van der Waals surface area contributed by atoms with Crippen LogP contribution in [-0.2, 0) is 14.4 Å². The highest BCUT2D eigenvalue weighted by molar-refractivity contribution is 6.68. The summed E-state index contributed by atoms with van der Waals surface area (Å²) in [6.45, 7) is 0. The minimum atomic E-state index is -1.25. The Labute approximate surface area is 61.5 Å². The number of Topliss-reactive ketones (excluding diaryl/α,β-unsaturated/α-hetero) is 3. The minimum absolute atomic E-state index is 0.748. The number of allylic oxidation sites excluding steroid dienone is 1. The molecule has 11 heavy (non-hydrogen) atoms. The number of rotatable bonds is 0. The zero-order valence-corrected chi connectivity index (χ0v) is 5.40. The van der Waals surface area contributed by atoms with Gasteiger partial charge in [-0.25, -0.2) is 0 Å². The van der Waals surface area contributed by atoms with Gasteiger partial charge in [-0.05, 0) is 6.08 Å². The average Bonchev–Trinajstić information content (AvgIpc) is 1.97. The number of hydrogen-bond donors (Lipinski definition) is 2. The molecule has 0 heterocycles. The largest absolute Gasteiger partial charge is 0.504 e. The van der Waals surface area contributed by atoms with Crippen molar-refractivity contribution in [1.29, 1.82) is 0 Å². The van der Waals surface area contributed by atoms with Crippen LogP contribution in [0.5, 0.6) is 0 Å². The summed E-state index contributed by atoms with van der Waals surface area (Å²) < 4.78 is 0. The Bertz CT molecular complexity index is 278. The van der Waals surface area contributed by atoms with E-state index in [0.717, 1.165) is 6.08 Å². The van der Waals surface area contributed by atoms with Gasteiger partial charge in [-0.1, -0.05) is 0 Å². The molecule has 0 spiro atoms. The van der Waals surface area contributed by atoms with E-state index in [1.807, 2.05) is 0 Å². The van der Waals surface area contributed by atoms with E-state index in [-0.39, 0.29) is 0 Å². The van der Waals surface area contributed by atoms with Crippen molar-refractivity contribution in [1.82, 2.24) is 0 Å². The molecule has 0 aromatic rings. The maximum atomic E-state index is 10.6. The molecule has 1 aliphatic rings. The lowest BCUT2D eigenvalue weighted by molar-refractivity contribution is -0.144. The van der Waals surface area contributed by atoms with Crippen molar-refractivity contribution < 1.29 is 19.5 Å². The van der Waals surface area contributed by atoms with E-state index in [2.05, 4.69) is 0 Å². The third-order valence-corrected chi connectivity index (χ3v) is 1.30. The monoisotopic (exact) mass is 155 g/mol. The van der Waals surface area contributed by atoms with E-state index in [1.54, 1.807) is 0 Å². The number of aliphatic hydroxyl groups excluding tert-OH is 1. The van der Waals surface area contributed by atoms with Gasteiger partial charge in [0.2, 0.25) is 5.78 Å². The molecule has 0 fully saturated rings. The standard InChI is InChI=1S/C6H5NO4/c7-2-1-3(8)5(10)6(11)4(2)9/h1-2,8H,7H2. The van der Waals surface area contributed by atoms with Gasteiger partial charge >= 0.3 is 0 Å². The summed E-state index contributed by atoms with van der Waals surface area (Å²) in [5, 5.41) is 8.69. The molecule has 3 N–H and O–H groups in total. The Morgan fingerprint density at radius 2 is 1.82 bits per heavy atom. The van der Waals surface area contributed by atoms with E-state index >= 15 is 0 Å². The van der Waals surface area contributed by atoms with Crippen LogP contribution in [0.2, 0.25) is 0 Å². The van der Waals surface area contributed by atoms with Crippen molar-refractivity contribution >= 4 is 17.3 Å². The van der Waals surface area contributed by atoms with Crippen molar-refractivity contribution in [3.8, 4) is 0 Å². The zero-order chi connectivity index (χ0) is 8.59. The Morgan fingerprint density at radius 3 is 2.36 bits per heavy atom. The Hall–Kier alpha value is -1.49. The van der Waals surface area contributed by atoms with Gasteiger partial charge in [0, 0.05) is 0 Å². The summed E-state index contributed by atoms with van der Waals surface area (Å²) in [4.78, 5) is 31.7. The predicted molar refractivity (Wildman–Crippen MR) is 33.7 cm³/mol. The van der Waals surface area contributed by atoms with Gasteiger partial charge in [-0.3, -0.25) is 14.4 Å². The second kappa shape index (κ2) is 2.28. The highest BCUT2D eigenvalue weighted by atomic mass is 16.3. The molecule has 0 aromatic carbocycles.